The van der Waals surface area contributed by atoms with Crippen LogP contribution in [0.15, 0.2) is 23.5 Å². The normalized spacial score (nSPS) is 11.8. The summed E-state index contributed by atoms with van der Waals surface area (Å²) in [5.74, 6) is -1.16. The van der Waals surface area contributed by atoms with Crippen molar-refractivity contribution in [2.24, 2.45) is 0 Å². The Bertz CT molecular complexity index is 674. The van der Waals surface area contributed by atoms with Gasteiger partial charge in [0.2, 0.25) is 0 Å². The molecular formula is C8H7N3O4S. The Balaban J connectivity index is 2.71. The number of carbonyl (C=O) groups is 1. The van der Waals surface area contributed by atoms with Gasteiger partial charge in [0.25, 0.3) is 0 Å². The summed E-state index contributed by atoms with van der Waals surface area (Å²) in [6.07, 6.45) is 4.50. The first-order chi connectivity index (χ1) is 7.39. The van der Waals surface area contributed by atoms with Crippen LogP contribution in [-0.2, 0) is 9.84 Å². The van der Waals surface area contributed by atoms with Gasteiger partial charge in [-0.25, -0.2) is 22.7 Å². The van der Waals surface area contributed by atoms with E-state index >= 15 is 0 Å². The van der Waals surface area contributed by atoms with Gasteiger partial charge in [0.15, 0.2) is 15.5 Å². The fourth-order valence-electron chi connectivity index (χ4n) is 1.20. The molecule has 0 fully saturated rings. The molecule has 8 heteroatoms. The fraction of sp³-hybridized carbons (Fsp3) is 0.125. The lowest BCUT2D eigenvalue weighted by atomic mass is 10.3. The van der Waals surface area contributed by atoms with Gasteiger partial charge in [0.1, 0.15) is 10.5 Å². The second kappa shape index (κ2) is 3.27. The third-order valence-electron chi connectivity index (χ3n) is 1.99. The molecule has 2 aromatic rings. The lowest BCUT2D eigenvalue weighted by Gasteiger charge is -1.98. The smallest absolute Gasteiger partial charge is 0.341 e. The Hall–Kier alpha value is -1.96. The number of aromatic nitrogens is 3. The summed E-state index contributed by atoms with van der Waals surface area (Å²) >= 11 is 0. The van der Waals surface area contributed by atoms with Crippen LogP contribution in [0.4, 0.5) is 0 Å². The van der Waals surface area contributed by atoms with E-state index < -0.39 is 15.8 Å². The van der Waals surface area contributed by atoms with Gasteiger partial charge in [-0.1, -0.05) is 0 Å². The van der Waals surface area contributed by atoms with Crippen LogP contribution in [0.25, 0.3) is 5.65 Å². The number of hydrogen-bond donors (Lipinski definition) is 1. The molecule has 0 saturated heterocycles. The van der Waals surface area contributed by atoms with E-state index in [0.717, 1.165) is 23.2 Å². The number of nitrogens with zero attached hydrogens (tertiary/aromatic N) is 3. The van der Waals surface area contributed by atoms with Crippen molar-refractivity contribution in [3.8, 4) is 0 Å². The molecule has 2 rings (SSSR count). The maximum atomic E-state index is 11.2. The van der Waals surface area contributed by atoms with E-state index in [1.165, 1.54) is 6.20 Å². The summed E-state index contributed by atoms with van der Waals surface area (Å²) < 4.78 is 23.6. The average molecular weight is 241 g/mol. The minimum absolute atomic E-state index is 0.0139. The molecule has 0 aliphatic carbocycles. The molecular weight excluding hydrogens is 234 g/mol. The van der Waals surface area contributed by atoms with E-state index in [4.69, 9.17) is 5.11 Å². The number of rotatable bonds is 2. The summed E-state index contributed by atoms with van der Waals surface area (Å²) in [6, 6.07) is 0. The summed E-state index contributed by atoms with van der Waals surface area (Å²) in [4.78, 5) is 14.5. The number of aromatic carboxylic acids is 1. The summed E-state index contributed by atoms with van der Waals surface area (Å²) in [6.45, 7) is 0. The van der Waals surface area contributed by atoms with E-state index in [0.29, 0.717) is 0 Å². The third kappa shape index (κ3) is 1.63. The number of fused-ring (bicyclic) bond motifs is 1. The van der Waals surface area contributed by atoms with Gasteiger partial charge in [-0.05, 0) is 0 Å². The highest BCUT2D eigenvalue weighted by Gasteiger charge is 2.15. The van der Waals surface area contributed by atoms with Crippen LogP contribution in [0.5, 0.6) is 0 Å². The molecule has 0 aliphatic heterocycles. The standard InChI is InChI=1S/C8H7N3O4S/c1-16(14,15)5-2-9-7-6(8(12)13)3-10-11(7)4-5/h2-4H,1H3,(H,12,13). The Morgan fingerprint density at radius 2 is 2.12 bits per heavy atom. The van der Waals surface area contributed by atoms with Crippen LogP contribution in [0, 0.1) is 0 Å². The third-order valence-corrected chi connectivity index (χ3v) is 3.06. The Morgan fingerprint density at radius 1 is 1.44 bits per heavy atom. The molecule has 0 unspecified atom stereocenters. The zero-order valence-electron chi connectivity index (χ0n) is 8.15. The lowest BCUT2D eigenvalue weighted by molar-refractivity contribution is 0.0698. The van der Waals surface area contributed by atoms with Crippen LogP contribution >= 0.6 is 0 Å². The Kier molecular flexibility index (Phi) is 2.16. The van der Waals surface area contributed by atoms with Crippen LogP contribution < -0.4 is 0 Å². The first-order valence-electron chi connectivity index (χ1n) is 4.16. The van der Waals surface area contributed by atoms with E-state index in [1.54, 1.807) is 0 Å². The SMILES string of the molecule is CS(=O)(=O)c1cnc2c(C(=O)O)cnn2c1. The molecule has 0 amide bonds. The van der Waals surface area contributed by atoms with Gasteiger partial charge in [-0.15, -0.1) is 0 Å². The fourth-order valence-corrected chi connectivity index (χ4v) is 1.74. The Morgan fingerprint density at radius 3 is 2.69 bits per heavy atom. The molecule has 0 atom stereocenters. The maximum Gasteiger partial charge on any atom is 0.341 e. The molecule has 0 aromatic carbocycles. The van der Waals surface area contributed by atoms with E-state index in [1.807, 2.05) is 0 Å². The van der Waals surface area contributed by atoms with Gasteiger partial charge in [0.05, 0.1) is 12.4 Å². The zero-order valence-corrected chi connectivity index (χ0v) is 8.97. The minimum atomic E-state index is -3.38. The molecule has 0 radical (unpaired) electrons. The molecule has 2 aromatic heterocycles. The zero-order chi connectivity index (χ0) is 11.9. The summed E-state index contributed by atoms with van der Waals surface area (Å²) in [5, 5.41) is 12.5. The van der Waals surface area contributed by atoms with Gasteiger partial charge in [-0.2, -0.15) is 5.10 Å². The van der Waals surface area contributed by atoms with E-state index in [-0.39, 0.29) is 16.1 Å². The highest BCUT2D eigenvalue weighted by Crippen LogP contribution is 2.11. The van der Waals surface area contributed by atoms with Crippen molar-refractivity contribution in [1.82, 2.24) is 14.6 Å². The van der Waals surface area contributed by atoms with Crippen molar-refractivity contribution in [3.63, 3.8) is 0 Å². The summed E-state index contributed by atoms with van der Waals surface area (Å²) in [7, 11) is -3.38. The summed E-state index contributed by atoms with van der Waals surface area (Å²) in [5.41, 5.74) is 0.0416. The highest BCUT2D eigenvalue weighted by molar-refractivity contribution is 7.90. The van der Waals surface area contributed by atoms with Crippen molar-refractivity contribution >= 4 is 21.5 Å². The average Bonchev–Trinajstić information content (AvgIpc) is 2.58. The minimum Gasteiger partial charge on any atom is -0.477 e. The molecule has 0 saturated carbocycles. The van der Waals surface area contributed by atoms with Gasteiger partial charge >= 0.3 is 5.97 Å². The molecule has 0 bridgehead atoms. The van der Waals surface area contributed by atoms with Crippen LogP contribution in [0.3, 0.4) is 0 Å². The van der Waals surface area contributed by atoms with Crippen LogP contribution in [0.2, 0.25) is 0 Å². The molecule has 1 N–H and O–H groups in total. The van der Waals surface area contributed by atoms with Crippen molar-refractivity contribution in [3.05, 3.63) is 24.2 Å². The van der Waals surface area contributed by atoms with E-state index in [2.05, 4.69) is 10.1 Å². The first kappa shape index (κ1) is 10.6. The van der Waals surface area contributed by atoms with Crippen molar-refractivity contribution in [1.29, 1.82) is 0 Å². The predicted octanol–water partition coefficient (Wildman–Crippen LogP) is -0.169. The Labute approximate surface area is 90.3 Å². The van der Waals surface area contributed by atoms with Crippen molar-refractivity contribution < 1.29 is 18.3 Å². The number of carboxylic acids is 1. The lowest BCUT2D eigenvalue weighted by Crippen LogP contribution is -2.03. The van der Waals surface area contributed by atoms with Crippen molar-refractivity contribution in [2.45, 2.75) is 4.90 Å². The van der Waals surface area contributed by atoms with Crippen LogP contribution in [-0.4, -0.2) is 40.3 Å². The molecule has 7 nitrogen and oxygen atoms in total. The molecule has 16 heavy (non-hydrogen) atoms. The van der Waals surface area contributed by atoms with Crippen LogP contribution in [0.1, 0.15) is 10.4 Å². The maximum absolute atomic E-state index is 11.2. The molecule has 0 aliphatic rings. The largest absolute Gasteiger partial charge is 0.477 e. The van der Waals surface area contributed by atoms with Gasteiger partial charge in [-0.3, -0.25) is 0 Å². The molecule has 2 heterocycles. The topological polar surface area (TPSA) is 102 Å². The monoisotopic (exact) mass is 241 g/mol. The number of carboxylic acid groups (broad SMARTS) is 1. The second-order valence-corrected chi connectivity index (χ2v) is 5.21. The predicted molar refractivity (Wildman–Crippen MR) is 53.1 cm³/mol. The highest BCUT2D eigenvalue weighted by atomic mass is 32.2. The molecule has 84 valence electrons. The van der Waals surface area contributed by atoms with Gasteiger partial charge < -0.3 is 5.11 Å². The van der Waals surface area contributed by atoms with E-state index in [9.17, 15) is 13.2 Å². The first-order valence-corrected chi connectivity index (χ1v) is 6.05. The van der Waals surface area contributed by atoms with Crippen molar-refractivity contribution in [2.75, 3.05) is 6.26 Å². The molecule has 0 spiro atoms. The van der Waals surface area contributed by atoms with Gasteiger partial charge in [0, 0.05) is 12.5 Å². The number of sulfone groups is 1. The number of hydrogen-bond acceptors (Lipinski definition) is 5. The second-order valence-electron chi connectivity index (χ2n) is 3.19. The quantitative estimate of drug-likeness (QED) is 0.783.